The van der Waals surface area contributed by atoms with Gasteiger partial charge < -0.3 is 24.6 Å². The summed E-state index contributed by atoms with van der Waals surface area (Å²) in [5.41, 5.74) is 0.855. The van der Waals surface area contributed by atoms with Gasteiger partial charge in [-0.25, -0.2) is 13.9 Å². The molecule has 0 saturated carbocycles. The van der Waals surface area contributed by atoms with Crippen LogP contribution in [0.1, 0.15) is 31.6 Å². The summed E-state index contributed by atoms with van der Waals surface area (Å²) in [5.74, 6) is -0.133. The number of carbonyl (C=O) groups excluding carboxylic acids is 3. The van der Waals surface area contributed by atoms with E-state index in [0.29, 0.717) is 69.4 Å². The number of anilines is 2. The summed E-state index contributed by atoms with van der Waals surface area (Å²) in [6.45, 7) is 5.20. The Morgan fingerprint density at radius 2 is 1.92 bits per heavy atom. The Bertz CT molecular complexity index is 1180. The van der Waals surface area contributed by atoms with Crippen LogP contribution in [-0.2, 0) is 25.5 Å². The summed E-state index contributed by atoms with van der Waals surface area (Å²) in [4.78, 5) is 41.1. The molecule has 1 aromatic heterocycles. The predicted octanol–water partition coefficient (Wildman–Crippen LogP) is 0.516. The molecular weight excluding hydrogens is 499 g/mol. The van der Waals surface area contributed by atoms with Crippen molar-refractivity contribution in [3.8, 4) is 0 Å². The fourth-order valence-corrected chi connectivity index (χ4v) is 5.04. The highest BCUT2D eigenvalue weighted by Crippen LogP contribution is 2.31. The summed E-state index contributed by atoms with van der Waals surface area (Å²) in [6.07, 6.45) is 0.447. The molecule has 2 aromatic rings. The van der Waals surface area contributed by atoms with Gasteiger partial charge in [-0.3, -0.25) is 14.5 Å². The van der Waals surface area contributed by atoms with Gasteiger partial charge in [-0.2, -0.15) is 0 Å². The lowest BCUT2D eigenvalue weighted by molar-refractivity contribution is -0.134. The molecule has 3 amide bonds. The van der Waals surface area contributed by atoms with Gasteiger partial charge in [-0.05, 0) is 41.5 Å². The number of morpholine rings is 1. The van der Waals surface area contributed by atoms with Crippen molar-refractivity contribution in [3.05, 3.63) is 29.8 Å². The Balaban J connectivity index is 1.18. The first-order chi connectivity index (χ1) is 18.4. The standard InChI is InChI=1S/C24H31FN8O5/c1-16(34)26-14-19-15-32(24(36)38-19)18-2-3-21(20(25)12-18)30-6-4-17(5-7-30)33-22(27-28-29-33)13-23(35)31-8-10-37-11-9-31/h2-3,12,17,19H,4-11,13-15H2,1H3,(H,26,34). The number of nitrogens with one attached hydrogen (secondary N) is 1. The molecule has 1 aromatic carbocycles. The number of rotatable bonds is 7. The molecule has 1 N–H and O–H groups in total. The van der Waals surface area contributed by atoms with Gasteiger partial charge in [0.1, 0.15) is 11.9 Å². The number of carbonyl (C=O) groups is 3. The maximum Gasteiger partial charge on any atom is 0.414 e. The van der Waals surface area contributed by atoms with Crippen LogP contribution in [0.15, 0.2) is 18.2 Å². The van der Waals surface area contributed by atoms with E-state index in [1.165, 1.54) is 17.9 Å². The fraction of sp³-hybridized carbons (Fsp3) is 0.583. The first-order valence-electron chi connectivity index (χ1n) is 12.8. The first-order valence-corrected chi connectivity index (χ1v) is 12.8. The van der Waals surface area contributed by atoms with Crippen molar-refractivity contribution < 1.29 is 28.2 Å². The SMILES string of the molecule is CC(=O)NCC1CN(c2ccc(N3CCC(n4nnnc4CC(=O)N4CCOCC4)CC3)c(F)c2)C(=O)O1. The Labute approximate surface area is 218 Å². The lowest BCUT2D eigenvalue weighted by atomic mass is 10.0. The fourth-order valence-electron chi connectivity index (χ4n) is 5.04. The van der Waals surface area contributed by atoms with Crippen molar-refractivity contribution in [1.82, 2.24) is 30.4 Å². The summed E-state index contributed by atoms with van der Waals surface area (Å²) in [6, 6.07) is 4.71. The molecule has 1 unspecified atom stereocenters. The lowest BCUT2D eigenvalue weighted by Crippen LogP contribution is -2.42. The Hall–Kier alpha value is -3.81. The molecule has 3 saturated heterocycles. The Morgan fingerprint density at radius 3 is 2.63 bits per heavy atom. The molecule has 14 heteroatoms. The minimum absolute atomic E-state index is 0.0102. The van der Waals surface area contributed by atoms with E-state index < -0.39 is 18.0 Å². The van der Waals surface area contributed by atoms with Crippen molar-refractivity contribution in [2.45, 2.75) is 38.3 Å². The molecular formula is C24H31FN8O5. The van der Waals surface area contributed by atoms with Crippen molar-refractivity contribution in [2.24, 2.45) is 0 Å². The lowest BCUT2D eigenvalue weighted by Gasteiger charge is -2.34. The van der Waals surface area contributed by atoms with Crippen LogP contribution in [0, 0.1) is 5.82 Å². The third-order valence-electron chi connectivity index (χ3n) is 7.08. The quantitative estimate of drug-likeness (QED) is 0.543. The van der Waals surface area contributed by atoms with E-state index in [0.717, 1.165) is 0 Å². The van der Waals surface area contributed by atoms with E-state index in [2.05, 4.69) is 20.8 Å². The third kappa shape index (κ3) is 5.69. The number of halogens is 1. The second kappa shape index (κ2) is 11.3. The summed E-state index contributed by atoms with van der Waals surface area (Å²) >= 11 is 0. The zero-order valence-electron chi connectivity index (χ0n) is 21.2. The van der Waals surface area contributed by atoms with Gasteiger partial charge in [0.2, 0.25) is 11.8 Å². The van der Waals surface area contributed by atoms with Crippen LogP contribution in [0.5, 0.6) is 0 Å². The number of aromatic nitrogens is 4. The van der Waals surface area contributed by atoms with Crippen LogP contribution in [-0.4, -0.2) is 102 Å². The van der Waals surface area contributed by atoms with Gasteiger partial charge in [0.25, 0.3) is 0 Å². The van der Waals surface area contributed by atoms with Gasteiger partial charge in [0.15, 0.2) is 5.82 Å². The highest BCUT2D eigenvalue weighted by atomic mass is 19.1. The van der Waals surface area contributed by atoms with Gasteiger partial charge in [0.05, 0.1) is 50.1 Å². The van der Waals surface area contributed by atoms with Crippen molar-refractivity contribution >= 4 is 29.3 Å². The maximum atomic E-state index is 15.2. The molecule has 13 nitrogen and oxygen atoms in total. The number of amides is 3. The molecule has 1 atom stereocenters. The molecule has 5 rings (SSSR count). The average Bonchev–Trinajstić information content (AvgIpc) is 3.54. The third-order valence-corrected chi connectivity index (χ3v) is 7.08. The normalized spacial score (nSPS) is 20.5. The topological polar surface area (TPSA) is 135 Å². The first kappa shape index (κ1) is 25.8. The van der Waals surface area contributed by atoms with Crippen LogP contribution in [0.2, 0.25) is 0 Å². The van der Waals surface area contributed by atoms with Crippen LogP contribution >= 0.6 is 0 Å². The molecule has 0 bridgehead atoms. The minimum atomic E-state index is -0.572. The number of tetrazole rings is 1. The smallest absolute Gasteiger partial charge is 0.414 e. The number of cyclic esters (lactones) is 1. The molecule has 204 valence electrons. The molecule has 4 heterocycles. The number of hydrogen-bond acceptors (Lipinski definition) is 9. The number of nitrogens with zero attached hydrogens (tertiary/aromatic N) is 7. The Kier molecular flexibility index (Phi) is 7.67. The Morgan fingerprint density at radius 1 is 1.16 bits per heavy atom. The largest absolute Gasteiger partial charge is 0.442 e. The number of benzene rings is 1. The van der Waals surface area contributed by atoms with E-state index in [-0.39, 0.29) is 37.4 Å². The molecule has 0 spiro atoms. The highest BCUT2D eigenvalue weighted by Gasteiger charge is 2.33. The minimum Gasteiger partial charge on any atom is -0.442 e. The maximum absolute atomic E-state index is 15.2. The van der Waals surface area contributed by atoms with E-state index in [1.807, 2.05) is 4.90 Å². The summed E-state index contributed by atoms with van der Waals surface area (Å²) in [5, 5.41) is 14.6. The molecule has 0 aliphatic carbocycles. The van der Waals surface area contributed by atoms with E-state index in [9.17, 15) is 14.4 Å². The van der Waals surface area contributed by atoms with Crippen LogP contribution in [0.25, 0.3) is 0 Å². The van der Waals surface area contributed by atoms with Crippen LogP contribution in [0.3, 0.4) is 0 Å². The van der Waals surface area contributed by atoms with Gasteiger partial charge in [0, 0.05) is 33.1 Å². The van der Waals surface area contributed by atoms with E-state index in [1.54, 1.807) is 21.7 Å². The summed E-state index contributed by atoms with van der Waals surface area (Å²) < 4.78 is 27.5. The van der Waals surface area contributed by atoms with Crippen LogP contribution in [0.4, 0.5) is 20.6 Å². The van der Waals surface area contributed by atoms with Crippen molar-refractivity contribution in [3.63, 3.8) is 0 Å². The number of hydrogen-bond donors (Lipinski definition) is 1. The zero-order chi connectivity index (χ0) is 26.6. The molecule has 3 aliphatic heterocycles. The number of piperidine rings is 1. The van der Waals surface area contributed by atoms with Gasteiger partial charge in [-0.15, -0.1) is 5.10 Å². The second-order valence-corrected chi connectivity index (χ2v) is 9.62. The monoisotopic (exact) mass is 530 g/mol. The summed E-state index contributed by atoms with van der Waals surface area (Å²) in [7, 11) is 0. The van der Waals surface area contributed by atoms with E-state index in [4.69, 9.17) is 9.47 Å². The van der Waals surface area contributed by atoms with E-state index >= 15 is 4.39 Å². The second-order valence-electron chi connectivity index (χ2n) is 9.62. The molecule has 0 radical (unpaired) electrons. The van der Waals surface area contributed by atoms with Crippen molar-refractivity contribution in [1.29, 1.82) is 0 Å². The highest BCUT2D eigenvalue weighted by molar-refractivity contribution is 5.90. The predicted molar refractivity (Wildman–Crippen MR) is 132 cm³/mol. The molecule has 38 heavy (non-hydrogen) atoms. The van der Waals surface area contributed by atoms with Gasteiger partial charge in [-0.1, -0.05) is 0 Å². The molecule has 3 fully saturated rings. The van der Waals surface area contributed by atoms with Gasteiger partial charge >= 0.3 is 6.09 Å². The van der Waals surface area contributed by atoms with Crippen LogP contribution < -0.4 is 15.1 Å². The van der Waals surface area contributed by atoms with Crippen molar-refractivity contribution in [2.75, 3.05) is 62.3 Å². The molecule has 3 aliphatic rings. The number of ether oxygens (including phenoxy) is 2. The zero-order valence-corrected chi connectivity index (χ0v) is 21.2. The average molecular weight is 531 g/mol.